The van der Waals surface area contributed by atoms with Crippen molar-refractivity contribution in [3.63, 3.8) is 0 Å². The van der Waals surface area contributed by atoms with Gasteiger partial charge in [-0.15, -0.1) is 0 Å². The van der Waals surface area contributed by atoms with E-state index in [0.717, 1.165) is 5.56 Å². The van der Waals surface area contributed by atoms with Crippen LogP contribution in [0.5, 0.6) is 11.5 Å². The third-order valence-electron chi connectivity index (χ3n) is 5.28. The third kappa shape index (κ3) is 5.17. The standard InChI is InChI=1S/C24H21BrCl2N4O4/c1-4-7-34-23(32)20-13(2)30-24-28-12-29-31(24)21(20)15-9-16(25)22(19(10-15)33-3)35-11-14-5-6-17(26)18(27)8-14/h4-6,8-10,12,21H,1,7,11H2,2-3H3,(H,28,29,30). The van der Waals surface area contributed by atoms with Crippen molar-refractivity contribution in [1.29, 1.82) is 0 Å². The molecule has 1 unspecified atom stereocenters. The number of ether oxygens (including phenoxy) is 3. The molecule has 4 rings (SSSR count). The van der Waals surface area contributed by atoms with E-state index in [1.807, 2.05) is 12.1 Å². The van der Waals surface area contributed by atoms with Gasteiger partial charge in [0.05, 0.1) is 27.2 Å². The molecule has 2 aromatic carbocycles. The van der Waals surface area contributed by atoms with E-state index < -0.39 is 12.0 Å². The summed E-state index contributed by atoms with van der Waals surface area (Å²) in [5, 5.41) is 8.35. The van der Waals surface area contributed by atoms with Crippen LogP contribution >= 0.6 is 39.1 Å². The van der Waals surface area contributed by atoms with Crippen LogP contribution in [0.1, 0.15) is 24.1 Å². The minimum absolute atomic E-state index is 0.0844. The molecule has 0 radical (unpaired) electrons. The van der Waals surface area contributed by atoms with Crippen LogP contribution in [0.15, 0.2) is 65.1 Å². The Balaban J connectivity index is 1.71. The molecule has 0 saturated heterocycles. The molecule has 1 aromatic heterocycles. The summed E-state index contributed by atoms with van der Waals surface area (Å²) in [6.07, 6.45) is 2.93. The first-order valence-corrected chi connectivity index (χ1v) is 12.0. The quantitative estimate of drug-likeness (QED) is 0.260. The van der Waals surface area contributed by atoms with Gasteiger partial charge in [-0.3, -0.25) is 0 Å². The number of allylic oxidation sites excluding steroid dienone is 1. The van der Waals surface area contributed by atoms with Crippen LogP contribution in [0, 0.1) is 0 Å². The van der Waals surface area contributed by atoms with Crippen molar-refractivity contribution < 1.29 is 19.0 Å². The highest BCUT2D eigenvalue weighted by Gasteiger charge is 2.35. The van der Waals surface area contributed by atoms with Crippen molar-refractivity contribution in [1.82, 2.24) is 14.8 Å². The van der Waals surface area contributed by atoms with Gasteiger partial charge in [-0.25, -0.2) is 9.48 Å². The molecule has 35 heavy (non-hydrogen) atoms. The summed E-state index contributed by atoms with van der Waals surface area (Å²) in [5.74, 6) is 0.969. The van der Waals surface area contributed by atoms with Crippen LogP contribution in [0.2, 0.25) is 10.0 Å². The molecule has 3 aromatic rings. The fourth-order valence-corrected chi connectivity index (χ4v) is 4.59. The SMILES string of the molecule is C=CCOC(=O)C1=C(C)Nc2ncnn2C1c1cc(Br)c(OCc2ccc(Cl)c(Cl)c2)c(OC)c1. The number of aromatic nitrogens is 3. The number of benzene rings is 2. The lowest BCUT2D eigenvalue weighted by molar-refractivity contribution is -0.138. The maximum atomic E-state index is 13.0. The largest absolute Gasteiger partial charge is 0.493 e. The molecule has 2 heterocycles. The molecule has 0 bridgehead atoms. The molecule has 11 heteroatoms. The second-order valence-electron chi connectivity index (χ2n) is 7.55. The summed E-state index contributed by atoms with van der Waals surface area (Å²) in [4.78, 5) is 17.2. The van der Waals surface area contributed by atoms with Gasteiger partial charge in [0, 0.05) is 5.70 Å². The predicted molar refractivity (Wildman–Crippen MR) is 137 cm³/mol. The normalized spacial score (nSPS) is 14.7. The molecule has 0 amide bonds. The summed E-state index contributed by atoms with van der Waals surface area (Å²) in [7, 11) is 1.54. The highest BCUT2D eigenvalue weighted by molar-refractivity contribution is 9.10. The number of methoxy groups -OCH3 is 1. The average molecular weight is 580 g/mol. The van der Waals surface area contributed by atoms with Crippen LogP contribution in [0.25, 0.3) is 0 Å². The van der Waals surface area contributed by atoms with Gasteiger partial charge < -0.3 is 19.5 Å². The molecule has 1 atom stereocenters. The van der Waals surface area contributed by atoms with Crippen molar-refractivity contribution >= 4 is 51.0 Å². The lowest BCUT2D eigenvalue weighted by Crippen LogP contribution is -2.29. The first-order valence-electron chi connectivity index (χ1n) is 10.4. The number of carbonyl (C=O) groups excluding carboxylic acids is 1. The number of nitrogens with one attached hydrogen (secondary N) is 1. The van der Waals surface area contributed by atoms with Gasteiger partial charge in [0.2, 0.25) is 5.95 Å². The lowest BCUT2D eigenvalue weighted by Gasteiger charge is -2.28. The molecular formula is C24H21BrCl2N4O4. The Morgan fingerprint density at radius 2 is 2.09 bits per heavy atom. The van der Waals surface area contributed by atoms with E-state index >= 15 is 0 Å². The van der Waals surface area contributed by atoms with Gasteiger partial charge >= 0.3 is 5.97 Å². The fraction of sp³-hybridized carbons (Fsp3) is 0.208. The summed E-state index contributed by atoms with van der Waals surface area (Å²) in [5.41, 5.74) is 2.56. The van der Waals surface area contributed by atoms with Crippen LogP contribution in [0.3, 0.4) is 0 Å². The van der Waals surface area contributed by atoms with E-state index in [2.05, 4.69) is 37.9 Å². The van der Waals surface area contributed by atoms with E-state index in [1.165, 1.54) is 12.4 Å². The van der Waals surface area contributed by atoms with Gasteiger partial charge in [-0.2, -0.15) is 10.1 Å². The summed E-state index contributed by atoms with van der Waals surface area (Å²) in [6, 6.07) is 8.33. The zero-order valence-electron chi connectivity index (χ0n) is 18.8. The second kappa shape index (κ2) is 10.7. The maximum Gasteiger partial charge on any atom is 0.338 e. The van der Waals surface area contributed by atoms with Gasteiger partial charge in [0.15, 0.2) is 11.5 Å². The average Bonchev–Trinajstić information content (AvgIpc) is 3.30. The smallest absolute Gasteiger partial charge is 0.338 e. The van der Waals surface area contributed by atoms with Crippen LogP contribution in [0.4, 0.5) is 5.95 Å². The van der Waals surface area contributed by atoms with Crippen LogP contribution in [-0.4, -0.2) is 34.5 Å². The number of carbonyl (C=O) groups is 1. The van der Waals surface area contributed by atoms with Gasteiger partial charge in [-0.05, 0) is 58.2 Å². The van der Waals surface area contributed by atoms with Gasteiger partial charge in [0.1, 0.15) is 25.6 Å². The predicted octanol–water partition coefficient (Wildman–Crippen LogP) is 5.95. The zero-order valence-corrected chi connectivity index (χ0v) is 21.9. The first-order chi connectivity index (χ1) is 16.8. The number of anilines is 1. The summed E-state index contributed by atoms with van der Waals surface area (Å²) in [6.45, 7) is 5.72. The lowest BCUT2D eigenvalue weighted by atomic mass is 9.95. The Kier molecular flexibility index (Phi) is 7.69. The highest BCUT2D eigenvalue weighted by Crippen LogP contribution is 2.43. The fourth-order valence-electron chi connectivity index (χ4n) is 3.70. The van der Waals surface area contributed by atoms with Crippen molar-refractivity contribution in [3.8, 4) is 11.5 Å². The number of fused-ring (bicyclic) bond motifs is 1. The Bertz CT molecular complexity index is 1320. The Morgan fingerprint density at radius 3 is 2.80 bits per heavy atom. The molecule has 0 fully saturated rings. The number of halogens is 3. The van der Waals surface area contributed by atoms with E-state index in [0.29, 0.717) is 48.8 Å². The topological polar surface area (TPSA) is 87.5 Å². The molecule has 1 aliphatic rings. The molecule has 0 aliphatic carbocycles. The number of hydrogen-bond acceptors (Lipinski definition) is 7. The molecule has 0 saturated carbocycles. The van der Waals surface area contributed by atoms with Crippen molar-refractivity contribution in [2.75, 3.05) is 19.0 Å². The molecule has 1 aliphatic heterocycles. The van der Waals surface area contributed by atoms with E-state index in [9.17, 15) is 4.79 Å². The summed E-state index contributed by atoms with van der Waals surface area (Å²) >= 11 is 15.7. The number of nitrogens with zero attached hydrogens (tertiary/aromatic N) is 3. The van der Waals surface area contributed by atoms with Crippen molar-refractivity contribution in [2.45, 2.75) is 19.6 Å². The third-order valence-corrected chi connectivity index (χ3v) is 6.61. The minimum Gasteiger partial charge on any atom is -0.493 e. The Labute approximate surface area is 220 Å². The number of hydrogen-bond donors (Lipinski definition) is 1. The summed E-state index contributed by atoms with van der Waals surface area (Å²) < 4.78 is 19.3. The first kappa shape index (κ1) is 25.1. The molecule has 1 N–H and O–H groups in total. The Morgan fingerprint density at radius 1 is 1.29 bits per heavy atom. The molecule has 0 spiro atoms. The van der Waals surface area contributed by atoms with Crippen molar-refractivity contribution in [2.24, 2.45) is 0 Å². The molecule has 8 nitrogen and oxygen atoms in total. The second-order valence-corrected chi connectivity index (χ2v) is 9.22. The van der Waals surface area contributed by atoms with Crippen molar-refractivity contribution in [3.05, 3.63) is 86.2 Å². The molecular weight excluding hydrogens is 559 g/mol. The van der Waals surface area contributed by atoms with Crippen LogP contribution in [-0.2, 0) is 16.1 Å². The minimum atomic E-state index is -0.611. The van der Waals surface area contributed by atoms with Gasteiger partial charge in [0.25, 0.3) is 0 Å². The molecule has 182 valence electrons. The van der Waals surface area contributed by atoms with E-state index in [4.69, 9.17) is 37.4 Å². The van der Waals surface area contributed by atoms with E-state index in [1.54, 1.807) is 36.9 Å². The number of esters is 1. The van der Waals surface area contributed by atoms with E-state index in [-0.39, 0.29) is 13.2 Å². The monoisotopic (exact) mass is 578 g/mol. The Hall–Kier alpha value is -3.01. The zero-order chi connectivity index (χ0) is 25.1. The van der Waals surface area contributed by atoms with Crippen LogP contribution < -0.4 is 14.8 Å². The highest BCUT2D eigenvalue weighted by atomic mass is 79.9. The van der Waals surface area contributed by atoms with Gasteiger partial charge in [-0.1, -0.05) is 41.9 Å². The maximum absolute atomic E-state index is 13.0. The number of rotatable bonds is 8.